The number of para-hydroxylation sites is 2. The van der Waals surface area contributed by atoms with Crippen molar-refractivity contribution in [2.45, 2.75) is 0 Å². The highest BCUT2D eigenvalue weighted by Crippen LogP contribution is 2.36. The molecule has 5 nitrogen and oxygen atoms in total. The van der Waals surface area contributed by atoms with Crippen molar-refractivity contribution in [3.05, 3.63) is 108 Å². The van der Waals surface area contributed by atoms with Crippen molar-refractivity contribution in [1.29, 1.82) is 0 Å². The summed E-state index contributed by atoms with van der Waals surface area (Å²) in [6.45, 7) is 0. The number of thiophene rings is 1. The van der Waals surface area contributed by atoms with E-state index >= 15 is 0 Å². The van der Waals surface area contributed by atoms with Crippen molar-refractivity contribution in [2.24, 2.45) is 0 Å². The average molecular weight is 449 g/mol. The van der Waals surface area contributed by atoms with E-state index in [0.717, 1.165) is 26.5 Å². The van der Waals surface area contributed by atoms with Gasteiger partial charge in [0.2, 0.25) is 5.78 Å². The largest absolute Gasteiger partial charge is 0.422 e. The summed E-state index contributed by atoms with van der Waals surface area (Å²) in [4.78, 5) is 32.5. The first kappa shape index (κ1) is 19.4. The lowest BCUT2D eigenvalue weighted by atomic mass is 9.99. The molecule has 0 unspecified atom stereocenters. The molecule has 5 aromatic rings. The lowest BCUT2D eigenvalue weighted by Crippen LogP contribution is -2.25. The first-order chi connectivity index (χ1) is 16.2. The Morgan fingerprint density at radius 1 is 0.848 bits per heavy atom. The highest BCUT2D eigenvalue weighted by atomic mass is 32.1. The van der Waals surface area contributed by atoms with E-state index in [1.807, 2.05) is 53.1 Å². The van der Waals surface area contributed by atoms with Crippen LogP contribution in [-0.2, 0) is 4.79 Å². The SMILES string of the molecule is O=C1Oc2ccccc2C(=O)/C1=C/c1nc2sc(-c3ccccc3)cc2n1-c1ccccc1. The van der Waals surface area contributed by atoms with Gasteiger partial charge in [-0.05, 0) is 42.0 Å². The molecular formula is C27H16N2O3S. The molecule has 6 heteroatoms. The number of fused-ring (bicyclic) bond motifs is 2. The van der Waals surface area contributed by atoms with Gasteiger partial charge in [0, 0.05) is 10.6 Å². The monoisotopic (exact) mass is 448 g/mol. The third-order valence-corrected chi connectivity index (χ3v) is 6.59. The maximum Gasteiger partial charge on any atom is 0.347 e. The standard InChI is InChI=1S/C27H16N2O3S/c30-25-19-13-7-8-14-22(19)32-27(31)20(25)15-24-28-26-21(29(24)18-11-5-2-6-12-18)16-23(33-26)17-9-3-1-4-10-17/h1-16H/b20-15-. The van der Waals surface area contributed by atoms with E-state index in [-0.39, 0.29) is 17.1 Å². The Balaban J connectivity index is 1.54. The first-order valence-electron chi connectivity index (χ1n) is 10.4. The van der Waals surface area contributed by atoms with E-state index in [2.05, 4.69) is 18.2 Å². The highest BCUT2D eigenvalue weighted by molar-refractivity contribution is 7.21. The fraction of sp³-hybridized carbons (Fsp3) is 0. The van der Waals surface area contributed by atoms with Gasteiger partial charge in [-0.3, -0.25) is 9.36 Å². The molecule has 158 valence electrons. The number of hydrogen-bond acceptors (Lipinski definition) is 5. The number of carbonyl (C=O) groups excluding carboxylic acids is 2. The Bertz CT molecular complexity index is 1560. The molecule has 0 atom stereocenters. The molecule has 0 bridgehead atoms. The molecule has 3 aromatic carbocycles. The zero-order valence-electron chi connectivity index (χ0n) is 17.3. The number of hydrogen-bond donors (Lipinski definition) is 0. The maximum absolute atomic E-state index is 13.1. The Kier molecular flexibility index (Phi) is 4.52. The zero-order valence-corrected chi connectivity index (χ0v) is 18.1. The molecule has 0 aliphatic carbocycles. The average Bonchev–Trinajstić information content (AvgIpc) is 3.40. The van der Waals surface area contributed by atoms with E-state index in [4.69, 9.17) is 9.72 Å². The van der Waals surface area contributed by atoms with Crippen molar-refractivity contribution in [3.63, 3.8) is 0 Å². The summed E-state index contributed by atoms with van der Waals surface area (Å²) in [5, 5.41) is 0. The van der Waals surface area contributed by atoms with Crippen LogP contribution in [0, 0.1) is 0 Å². The van der Waals surface area contributed by atoms with Crippen LogP contribution in [0.5, 0.6) is 5.75 Å². The van der Waals surface area contributed by atoms with E-state index in [1.54, 1.807) is 35.6 Å². The van der Waals surface area contributed by atoms with Gasteiger partial charge in [-0.25, -0.2) is 9.78 Å². The Morgan fingerprint density at radius 2 is 1.55 bits per heavy atom. The van der Waals surface area contributed by atoms with Gasteiger partial charge in [0.05, 0.1) is 11.1 Å². The Hall–Kier alpha value is -4.29. The molecule has 33 heavy (non-hydrogen) atoms. The van der Waals surface area contributed by atoms with Crippen LogP contribution in [0.25, 0.3) is 32.6 Å². The van der Waals surface area contributed by atoms with Crippen LogP contribution >= 0.6 is 11.3 Å². The van der Waals surface area contributed by atoms with Crippen LogP contribution in [0.4, 0.5) is 0 Å². The fourth-order valence-corrected chi connectivity index (χ4v) is 5.00. The Labute approximate surface area is 193 Å². The summed E-state index contributed by atoms with van der Waals surface area (Å²) in [5.41, 5.74) is 3.25. The molecule has 1 aliphatic heterocycles. The molecule has 0 N–H and O–H groups in total. The van der Waals surface area contributed by atoms with E-state index in [9.17, 15) is 9.59 Å². The van der Waals surface area contributed by atoms with Gasteiger partial charge >= 0.3 is 5.97 Å². The number of ketones is 1. The summed E-state index contributed by atoms with van der Waals surface area (Å²) in [5.74, 6) is -0.251. The third-order valence-electron chi connectivity index (χ3n) is 5.52. The molecule has 0 saturated carbocycles. The minimum absolute atomic E-state index is 0.0354. The van der Waals surface area contributed by atoms with Gasteiger partial charge in [-0.2, -0.15) is 0 Å². The summed E-state index contributed by atoms with van der Waals surface area (Å²) < 4.78 is 7.37. The number of imidazole rings is 1. The van der Waals surface area contributed by atoms with Crippen LogP contribution in [0.2, 0.25) is 0 Å². The molecule has 0 saturated heterocycles. The predicted molar refractivity (Wildman–Crippen MR) is 129 cm³/mol. The molecule has 0 amide bonds. The van der Waals surface area contributed by atoms with Crippen LogP contribution in [-0.4, -0.2) is 21.3 Å². The van der Waals surface area contributed by atoms with Crippen LogP contribution in [0.3, 0.4) is 0 Å². The Morgan fingerprint density at radius 3 is 2.33 bits per heavy atom. The van der Waals surface area contributed by atoms with Crippen LogP contribution in [0.15, 0.2) is 96.6 Å². The van der Waals surface area contributed by atoms with Gasteiger partial charge in [0.25, 0.3) is 0 Å². The number of rotatable bonds is 3. The number of esters is 1. The molecule has 6 rings (SSSR count). The van der Waals surface area contributed by atoms with Crippen molar-refractivity contribution >= 4 is 39.5 Å². The third kappa shape index (κ3) is 3.28. The number of carbonyl (C=O) groups is 2. The van der Waals surface area contributed by atoms with Crippen molar-refractivity contribution in [1.82, 2.24) is 9.55 Å². The second-order valence-electron chi connectivity index (χ2n) is 7.58. The predicted octanol–water partition coefficient (Wildman–Crippen LogP) is 5.94. The quantitative estimate of drug-likeness (QED) is 0.148. The summed E-state index contributed by atoms with van der Waals surface area (Å²) in [6, 6.07) is 28.7. The molecule has 0 spiro atoms. The second-order valence-corrected chi connectivity index (χ2v) is 8.61. The molecule has 3 heterocycles. The fourth-order valence-electron chi connectivity index (χ4n) is 3.97. The summed E-state index contributed by atoms with van der Waals surface area (Å²) >= 11 is 1.57. The minimum Gasteiger partial charge on any atom is -0.422 e. The van der Waals surface area contributed by atoms with Gasteiger partial charge in [0.15, 0.2) is 0 Å². The summed E-state index contributed by atoms with van der Waals surface area (Å²) in [6.07, 6.45) is 1.53. The molecule has 1 aliphatic rings. The molecule has 2 aromatic heterocycles. The smallest absolute Gasteiger partial charge is 0.347 e. The van der Waals surface area contributed by atoms with E-state index in [1.165, 1.54) is 6.08 Å². The maximum atomic E-state index is 13.1. The van der Waals surface area contributed by atoms with Crippen LogP contribution in [0.1, 0.15) is 16.2 Å². The van der Waals surface area contributed by atoms with Crippen molar-refractivity contribution < 1.29 is 14.3 Å². The van der Waals surface area contributed by atoms with Gasteiger partial charge in [-0.1, -0.05) is 60.7 Å². The topological polar surface area (TPSA) is 61.2 Å². The van der Waals surface area contributed by atoms with E-state index in [0.29, 0.717) is 11.4 Å². The van der Waals surface area contributed by atoms with E-state index < -0.39 is 5.97 Å². The van der Waals surface area contributed by atoms with Gasteiger partial charge < -0.3 is 4.74 Å². The number of nitrogens with zero attached hydrogens (tertiary/aromatic N) is 2. The van der Waals surface area contributed by atoms with Crippen LogP contribution < -0.4 is 4.74 Å². The van der Waals surface area contributed by atoms with Crippen molar-refractivity contribution in [3.8, 4) is 21.9 Å². The number of Topliss-reactive ketones (excluding diaryl/α,β-unsaturated/α-hetero) is 1. The van der Waals surface area contributed by atoms with Gasteiger partial charge in [-0.15, -0.1) is 11.3 Å². The summed E-state index contributed by atoms with van der Waals surface area (Å²) in [7, 11) is 0. The minimum atomic E-state index is -0.672. The highest BCUT2D eigenvalue weighted by Gasteiger charge is 2.31. The lowest BCUT2D eigenvalue weighted by molar-refractivity contribution is -0.130. The molecule has 0 fully saturated rings. The number of ether oxygens (including phenoxy) is 1. The number of benzene rings is 3. The van der Waals surface area contributed by atoms with Crippen molar-refractivity contribution in [2.75, 3.05) is 0 Å². The first-order valence-corrected chi connectivity index (χ1v) is 11.2. The molecular weight excluding hydrogens is 432 g/mol. The van der Waals surface area contributed by atoms with Gasteiger partial charge in [0.1, 0.15) is 22.0 Å². The number of aromatic nitrogens is 2. The second kappa shape index (κ2) is 7.69. The molecule has 0 radical (unpaired) electrons. The normalized spacial score (nSPS) is 14.5. The lowest BCUT2D eigenvalue weighted by Gasteiger charge is -2.16. The zero-order chi connectivity index (χ0) is 22.4.